The van der Waals surface area contributed by atoms with E-state index in [2.05, 4.69) is 10.6 Å². The zero-order valence-electron chi connectivity index (χ0n) is 16.7. The summed E-state index contributed by atoms with van der Waals surface area (Å²) in [4.78, 5) is 38.5. The Morgan fingerprint density at radius 2 is 1.62 bits per heavy atom. The molecule has 29 heavy (non-hydrogen) atoms. The highest BCUT2D eigenvalue weighted by Gasteiger charge is 2.26. The minimum absolute atomic E-state index is 0.0172. The van der Waals surface area contributed by atoms with Crippen molar-refractivity contribution in [3.05, 3.63) is 65.7 Å². The third kappa shape index (κ3) is 5.99. The molecule has 0 spiro atoms. The van der Waals surface area contributed by atoms with Crippen LogP contribution in [0.4, 0.5) is 5.69 Å². The molecule has 1 fully saturated rings. The Labute approximate surface area is 171 Å². The maximum atomic E-state index is 12.4. The number of nitrogens with one attached hydrogen (secondary N) is 2. The topological polar surface area (TPSA) is 78.5 Å². The number of Topliss-reactive ketones (excluding diaryl/α,β-unsaturated/α-hetero) is 1. The van der Waals surface area contributed by atoms with Crippen molar-refractivity contribution in [1.82, 2.24) is 10.2 Å². The number of carbonyl (C=O) groups is 3. The lowest BCUT2D eigenvalue weighted by Crippen LogP contribution is -2.43. The number of ketones is 1. The van der Waals surface area contributed by atoms with E-state index in [1.807, 2.05) is 35.2 Å². The van der Waals surface area contributed by atoms with Crippen LogP contribution in [-0.4, -0.2) is 42.1 Å². The fourth-order valence-electron chi connectivity index (χ4n) is 3.57. The van der Waals surface area contributed by atoms with Crippen LogP contribution in [0.25, 0.3) is 0 Å². The zero-order valence-corrected chi connectivity index (χ0v) is 16.7. The lowest BCUT2D eigenvalue weighted by Gasteiger charge is -2.30. The summed E-state index contributed by atoms with van der Waals surface area (Å²) in [5.74, 6) is -0.168. The summed E-state index contributed by atoms with van der Waals surface area (Å²) in [5, 5.41) is 5.84. The van der Waals surface area contributed by atoms with Gasteiger partial charge in [-0.05, 0) is 50.6 Å². The number of carbonyl (C=O) groups excluding carboxylic acids is 3. The molecule has 6 nitrogen and oxygen atoms in total. The Morgan fingerprint density at radius 1 is 0.966 bits per heavy atom. The Hall–Kier alpha value is -2.99. The largest absolute Gasteiger partial charge is 0.352 e. The van der Waals surface area contributed by atoms with Gasteiger partial charge >= 0.3 is 0 Å². The van der Waals surface area contributed by atoms with E-state index >= 15 is 0 Å². The first-order chi connectivity index (χ1) is 14.0. The second-order valence-corrected chi connectivity index (χ2v) is 7.40. The van der Waals surface area contributed by atoms with Crippen LogP contribution in [0.2, 0.25) is 0 Å². The molecule has 0 unspecified atom stereocenters. The van der Waals surface area contributed by atoms with Gasteiger partial charge in [-0.25, -0.2) is 0 Å². The third-order valence-corrected chi connectivity index (χ3v) is 5.22. The number of rotatable bonds is 7. The molecule has 1 heterocycles. The summed E-state index contributed by atoms with van der Waals surface area (Å²) in [6.07, 6.45) is 1.47. The van der Waals surface area contributed by atoms with Gasteiger partial charge in [-0.3, -0.25) is 19.3 Å². The molecular formula is C23H27N3O3. The van der Waals surface area contributed by atoms with Crippen LogP contribution in [0.15, 0.2) is 54.6 Å². The van der Waals surface area contributed by atoms with E-state index in [9.17, 15) is 14.4 Å². The van der Waals surface area contributed by atoms with E-state index in [1.54, 1.807) is 24.3 Å². The van der Waals surface area contributed by atoms with Crippen LogP contribution >= 0.6 is 0 Å². The molecule has 1 aliphatic rings. The molecule has 3 rings (SSSR count). The van der Waals surface area contributed by atoms with E-state index in [0.717, 1.165) is 18.4 Å². The quantitative estimate of drug-likeness (QED) is 0.709. The Morgan fingerprint density at radius 3 is 2.31 bits per heavy atom. The van der Waals surface area contributed by atoms with Gasteiger partial charge in [0.15, 0.2) is 5.78 Å². The molecule has 2 N–H and O–H groups in total. The second kappa shape index (κ2) is 9.98. The smallest absolute Gasteiger partial charge is 0.238 e. The Kier molecular flexibility index (Phi) is 7.14. The molecule has 0 aromatic heterocycles. The molecule has 2 aromatic rings. The highest BCUT2D eigenvalue weighted by atomic mass is 16.2. The lowest BCUT2D eigenvalue weighted by atomic mass is 9.96. The standard InChI is InChI=1S/C23H27N3O3/c1-17(27)20-9-5-6-10-21(20)25-22(28)16-26-13-11-19(12-14-26)23(29)24-15-18-7-3-2-4-8-18/h2-10,19H,11-16H2,1H3,(H,24,29)(H,25,28). The van der Waals surface area contributed by atoms with E-state index in [1.165, 1.54) is 6.92 Å². The summed E-state index contributed by atoms with van der Waals surface area (Å²) in [6.45, 7) is 3.68. The predicted octanol–water partition coefficient (Wildman–Crippen LogP) is 2.86. The maximum absolute atomic E-state index is 12.4. The van der Waals surface area contributed by atoms with Crippen LogP contribution in [0.3, 0.4) is 0 Å². The number of anilines is 1. The SMILES string of the molecule is CC(=O)c1ccccc1NC(=O)CN1CCC(C(=O)NCc2ccccc2)CC1. The normalized spacial score (nSPS) is 14.9. The minimum atomic E-state index is -0.148. The summed E-state index contributed by atoms with van der Waals surface area (Å²) in [6, 6.07) is 16.9. The Balaban J connectivity index is 1.43. The fourth-order valence-corrected chi connectivity index (χ4v) is 3.57. The van der Waals surface area contributed by atoms with Gasteiger partial charge in [0.25, 0.3) is 0 Å². The molecule has 0 aliphatic carbocycles. The van der Waals surface area contributed by atoms with Crippen molar-refractivity contribution in [2.24, 2.45) is 5.92 Å². The van der Waals surface area contributed by atoms with Crippen molar-refractivity contribution < 1.29 is 14.4 Å². The summed E-state index contributed by atoms with van der Waals surface area (Å²) < 4.78 is 0. The Bertz CT molecular complexity index is 859. The first-order valence-electron chi connectivity index (χ1n) is 9.96. The fraction of sp³-hybridized carbons (Fsp3) is 0.348. The van der Waals surface area contributed by atoms with Gasteiger partial charge in [0.05, 0.1) is 12.2 Å². The van der Waals surface area contributed by atoms with E-state index in [4.69, 9.17) is 0 Å². The number of nitrogens with zero attached hydrogens (tertiary/aromatic N) is 1. The predicted molar refractivity (Wildman–Crippen MR) is 113 cm³/mol. The van der Waals surface area contributed by atoms with Gasteiger partial charge in [-0.1, -0.05) is 42.5 Å². The van der Waals surface area contributed by atoms with Gasteiger partial charge in [-0.2, -0.15) is 0 Å². The first kappa shape index (κ1) is 20.7. The van der Waals surface area contributed by atoms with Crippen LogP contribution < -0.4 is 10.6 Å². The number of hydrogen-bond acceptors (Lipinski definition) is 4. The van der Waals surface area contributed by atoms with Gasteiger partial charge < -0.3 is 10.6 Å². The summed E-state index contributed by atoms with van der Waals surface area (Å²) >= 11 is 0. The van der Waals surface area contributed by atoms with Crippen molar-refractivity contribution in [1.29, 1.82) is 0 Å². The van der Waals surface area contributed by atoms with Crippen LogP contribution in [0.5, 0.6) is 0 Å². The molecule has 1 aliphatic heterocycles. The number of piperidine rings is 1. The molecular weight excluding hydrogens is 366 g/mol. The van der Waals surface area contributed by atoms with Gasteiger partial charge in [0.1, 0.15) is 0 Å². The molecule has 152 valence electrons. The number of hydrogen-bond donors (Lipinski definition) is 2. The van der Waals surface area contributed by atoms with Crippen LogP contribution in [-0.2, 0) is 16.1 Å². The maximum Gasteiger partial charge on any atom is 0.238 e. The second-order valence-electron chi connectivity index (χ2n) is 7.40. The molecule has 0 radical (unpaired) electrons. The monoisotopic (exact) mass is 393 g/mol. The van der Waals surface area contributed by atoms with Gasteiger partial charge in [-0.15, -0.1) is 0 Å². The number of benzene rings is 2. The average Bonchev–Trinajstić information content (AvgIpc) is 2.73. The van der Waals surface area contributed by atoms with Crippen molar-refractivity contribution in [2.45, 2.75) is 26.3 Å². The van der Waals surface area contributed by atoms with Crippen molar-refractivity contribution in [3.63, 3.8) is 0 Å². The van der Waals surface area contributed by atoms with Crippen molar-refractivity contribution in [2.75, 3.05) is 25.0 Å². The molecule has 1 saturated heterocycles. The van der Waals surface area contributed by atoms with E-state index in [0.29, 0.717) is 30.9 Å². The molecule has 0 atom stereocenters. The molecule has 2 amide bonds. The van der Waals surface area contributed by atoms with Gasteiger partial charge in [0.2, 0.25) is 11.8 Å². The van der Waals surface area contributed by atoms with Crippen molar-refractivity contribution >= 4 is 23.3 Å². The van der Waals surface area contributed by atoms with Crippen LogP contribution in [0.1, 0.15) is 35.7 Å². The summed E-state index contributed by atoms with van der Waals surface area (Å²) in [7, 11) is 0. The van der Waals surface area contributed by atoms with Crippen molar-refractivity contribution in [3.8, 4) is 0 Å². The van der Waals surface area contributed by atoms with Gasteiger partial charge in [0, 0.05) is 18.0 Å². The average molecular weight is 393 g/mol. The molecule has 2 aromatic carbocycles. The zero-order chi connectivity index (χ0) is 20.6. The van der Waals surface area contributed by atoms with E-state index in [-0.39, 0.29) is 30.1 Å². The molecule has 0 bridgehead atoms. The number of para-hydroxylation sites is 1. The number of amides is 2. The molecule has 0 saturated carbocycles. The highest BCUT2D eigenvalue weighted by molar-refractivity contribution is 6.04. The number of likely N-dealkylation sites (tertiary alicyclic amines) is 1. The third-order valence-electron chi connectivity index (χ3n) is 5.22. The molecule has 6 heteroatoms. The first-order valence-corrected chi connectivity index (χ1v) is 9.96. The highest BCUT2D eigenvalue weighted by Crippen LogP contribution is 2.19. The summed E-state index contributed by atoms with van der Waals surface area (Å²) in [5.41, 5.74) is 2.13. The lowest BCUT2D eigenvalue weighted by molar-refractivity contribution is -0.126. The van der Waals surface area contributed by atoms with Crippen LogP contribution in [0, 0.1) is 5.92 Å². The minimum Gasteiger partial charge on any atom is -0.352 e. The van der Waals surface area contributed by atoms with E-state index < -0.39 is 0 Å².